The van der Waals surface area contributed by atoms with E-state index >= 15 is 0 Å². The molecule has 0 unspecified atom stereocenters. The second kappa shape index (κ2) is 7.42. The van der Waals surface area contributed by atoms with Crippen LogP contribution in [0.1, 0.15) is 11.1 Å². The monoisotopic (exact) mass is 389 g/mol. The molecular weight excluding hydrogens is 377 g/mol. The first kappa shape index (κ1) is 17.6. The lowest BCUT2D eigenvalue weighted by Gasteiger charge is -2.06. The Morgan fingerprint density at radius 3 is 2.82 bits per heavy atom. The van der Waals surface area contributed by atoms with Crippen LogP contribution in [0.15, 0.2) is 63.8 Å². The van der Waals surface area contributed by atoms with Crippen molar-refractivity contribution < 1.29 is 4.39 Å². The minimum absolute atomic E-state index is 0.0528. The van der Waals surface area contributed by atoms with Gasteiger partial charge in [-0.2, -0.15) is 10.4 Å². The van der Waals surface area contributed by atoms with E-state index in [2.05, 4.69) is 20.5 Å². The van der Waals surface area contributed by atoms with Crippen LogP contribution >= 0.6 is 11.3 Å². The number of nitrogens with one attached hydrogen (secondary N) is 2. The Labute approximate surface area is 162 Å². The van der Waals surface area contributed by atoms with Gasteiger partial charge >= 0.3 is 0 Å². The van der Waals surface area contributed by atoms with E-state index in [-0.39, 0.29) is 17.2 Å². The second-order valence-corrected chi connectivity index (χ2v) is 6.73. The number of hydrogen-bond acceptors (Lipinski definition) is 6. The maximum atomic E-state index is 14.1. The van der Waals surface area contributed by atoms with Crippen molar-refractivity contribution in [3.05, 3.63) is 81.2 Å². The molecule has 8 heteroatoms. The van der Waals surface area contributed by atoms with Crippen LogP contribution in [0.2, 0.25) is 0 Å². The summed E-state index contributed by atoms with van der Waals surface area (Å²) in [4.78, 5) is 19.0. The largest absolute Gasteiger partial charge is 0.290 e. The number of hydrogen-bond donors (Lipinski definition) is 2. The Balaban J connectivity index is 1.69. The van der Waals surface area contributed by atoms with Gasteiger partial charge in [0.2, 0.25) is 5.95 Å². The average molecular weight is 389 g/mol. The molecular formula is C20H12FN5OS. The van der Waals surface area contributed by atoms with Crippen LogP contribution in [0.5, 0.6) is 0 Å². The van der Waals surface area contributed by atoms with Crippen LogP contribution in [-0.4, -0.2) is 16.2 Å². The van der Waals surface area contributed by atoms with Crippen molar-refractivity contribution in [2.75, 3.05) is 5.43 Å². The number of thiophene rings is 1. The Morgan fingerprint density at radius 1 is 1.21 bits per heavy atom. The molecule has 2 N–H and O–H groups in total. The summed E-state index contributed by atoms with van der Waals surface area (Å²) in [5.41, 5.74) is 3.15. The van der Waals surface area contributed by atoms with Crippen molar-refractivity contribution in [1.29, 1.82) is 5.26 Å². The maximum Gasteiger partial charge on any atom is 0.270 e. The number of nitriles is 1. The molecule has 2 aromatic carbocycles. The summed E-state index contributed by atoms with van der Waals surface area (Å²) < 4.78 is 15.1. The molecule has 0 spiro atoms. The van der Waals surface area contributed by atoms with Gasteiger partial charge in [0.15, 0.2) is 0 Å². The number of anilines is 1. The second-order valence-electron chi connectivity index (χ2n) is 5.78. The molecule has 2 heterocycles. The highest BCUT2D eigenvalue weighted by Gasteiger charge is 2.13. The van der Waals surface area contributed by atoms with Crippen LogP contribution in [-0.2, 0) is 0 Å². The molecule has 0 fully saturated rings. The third-order valence-corrected chi connectivity index (χ3v) is 4.95. The van der Waals surface area contributed by atoms with Gasteiger partial charge in [-0.05, 0) is 23.6 Å². The molecule has 0 saturated carbocycles. The molecule has 0 aliphatic carbocycles. The summed E-state index contributed by atoms with van der Waals surface area (Å²) in [6.45, 7) is 0. The number of rotatable bonds is 4. The zero-order valence-corrected chi connectivity index (χ0v) is 15.1. The molecule has 0 radical (unpaired) electrons. The highest BCUT2D eigenvalue weighted by Crippen LogP contribution is 2.25. The summed E-state index contributed by atoms with van der Waals surface area (Å²) in [5, 5.41) is 15.9. The first-order valence-corrected chi connectivity index (χ1v) is 9.10. The van der Waals surface area contributed by atoms with Crippen molar-refractivity contribution in [2.45, 2.75) is 0 Å². The number of benzene rings is 2. The van der Waals surface area contributed by atoms with Crippen LogP contribution in [0.25, 0.3) is 21.3 Å². The fourth-order valence-corrected chi connectivity index (χ4v) is 3.57. The van der Waals surface area contributed by atoms with Gasteiger partial charge < -0.3 is 0 Å². The van der Waals surface area contributed by atoms with E-state index in [9.17, 15) is 14.4 Å². The third-order valence-electron chi connectivity index (χ3n) is 4.07. The maximum absolute atomic E-state index is 14.1. The van der Waals surface area contributed by atoms with Crippen molar-refractivity contribution in [3.63, 3.8) is 0 Å². The lowest BCUT2D eigenvalue weighted by molar-refractivity contribution is 0.628. The van der Waals surface area contributed by atoms with Crippen LogP contribution in [0, 0.1) is 17.1 Å². The number of nitrogens with zero attached hydrogens (tertiary/aromatic N) is 3. The van der Waals surface area contributed by atoms with E-state index in [1.807, 2.05) is 23.6 Å². The van der Waals surface area contributed by atoms with Crippen molar-refractivity contribution >= 4 is 33.6 Å². The molecule has 4 rings (SSSR count). The summed E-state index contributed by atoms with van der Waals surface area (Å²) in [7, 11) is 0. The Kier molecular flexibility index (Phi) is 4.66. The topological polar surface area (TPSA) is 93.9 Å². The van der Waals surface area contributed by atoms with Crippen LogP contribution in [0.4, 0.5) is 10.3 Å². The van der Waals surface area contributed by atoms with Gasteiger partial charge in [0.1, 0.15) is 17.4 Å². The molecule has 0 aliphatic heterocycles. The lowest BCUT2D eigenvalue weighted by Crippen LogP contribution is -2.16. The highest BCUT2D eigenvalue weighted by atomic mass is 32.1. The quantitative estimate of drug-likeness (QED) is 0.406. The average Bonchev–Trinajstić information content (AvgIpc) is 3.19. The molecule has 2 aromatic heterocycles. The molecule has 0 saturated heterocycles. The zero-order valence-electron chi connectivity index (χ0n) is 14.3. The minimum atomic E-state index is -0.583. The van der Waals surface area contributed by atoms with E-state index < -0.39 is 11.4 Å². The fourth-order valence-electron chi connectivity index (χ4n) is 2.76. The zero-order chi connectivity index (χ0) is 19.5. The SMILES string of the molecule is N#Cc1c(-c2ccccc2)nc(NN=Cc2c(F)ccc3sccc23)[nH]c1=O. The molecule has 136 valence electrons. The molecule has 0 amide bonds. The van der Waals surface area contributed by atoms with Gasteiger partial charge in [0, 0.05) is 21.2 Å². The Morgan fingerprint density at radius 2 is 2.04 bits per heavy atom. The van der Waals surface area contributed by atoms with Gasteiger partial charge in [0.05, 0.1) is 11.9 Å². The van der Waals surface area contributed by atoms with E-state index in [1.54, 1.807) is 30.3 Å². The first-order valence-electron chi connectivity index (χ1n) is 8.22. The van der Waals surface area contributed by atoms with E-state index in [1.165, 1.54) is 23.6 Å². The third kappa shape index (κ3) is 3.26. The van der Waals surface area contributed by atoms with Gasteiger partial charge in [-0.15, -0.1) is 11.3 Å². The van der Waals surface area contributed by atoms with E-state index in [0.29, 0.717) is 11.1 Å². The molecule has 6 nitrogen and oxygen atoms in total. The molecule has 0 atom stereocenters. The highest BCUT2D eigenvalue weighted by molar-refractivity contribution is 7.17. The number of H-pyrrole nitrogens is 1. The van der Waals surface area contributed by atoms with Gasteiger partial charge in [-0.25, -0.2) is 14.8 Å². The number of aromatic amines is 1. The lowest BCUT2D eigenvalue weighted by atomic mass is 10.1. The van der Waals surface area contributed by atoms with E-state index in [0.717, 1.165) is 10.1 Å². The van der Waals surface area contributed by atoms with Gasteiger partial charge in [0.25, 0.3) is 5.56 Å². The normalized spacial score (nSPS) is 11.0. The standard InChI is InChI=1S/C20H12FN5OS/c21-16-6-7-17-13(8-9-28-17)15(16)11-23-26-20-24-18(12-4-2-1-3-5-12)14(10-22)19(27)25-20/h1-9,11H,(H2,24,25,26,27). The number of aromatic nitrogens is 2. The predicted molar refractivity (Wildman–Crippen MR) is 108 cm³/mol. The molecule has 0 bridgehead atoms. The van der Waals surface area contributed by atoms with Crippen molar-refractivity contribution in [2.24, 2.45) is 5.10 Å². The van der Waals surface area contributed by atoms with E-state index in [4.69, 9.17) is 0 Å². The predicted octanol–water partition coefficient (Wildman–Crippen LogP) is 4.11. The smallest absolute Gasteiger partial charge is 0.270 e. The van der Waals surface area contributed by atoms with Crippen molar-refractivity contribution in [1.82, 2.24) is 9.97 Å². The molecule has 28 heavy (non-hydrogen) atoms. The van der Waals surface area contributed by atoms with Crippen molar-refractivity contribution in [3.8, 4) is 17.3 Å². The Hall–Kier alpha value is -3.83. The Bertz CT molecular complexity index is 1290. The summed E-state index contributed by atoms with van der Waals surface area (Å²) >= 11 is 1.51. The minimum Gasteiger partial charge on any atom is -0.290 e. The summed E-state index contributed by atoms with van der Waals surface area (Å²) in [6.07, 6.45) is 1.34. The summed E-state index contributed by atoms with van der Waals surface area (Å²) in [6, 6.07) is 15.7. The van der Waals surface area contributed by atoms with Gasteiger partial charge in [-0.1, -0.05) is 30.3 Å². The molecule has 4 aromatic rings. The first-order chi connectivity index (χ1) is 13.7. The van der Waals surface area contributed by atoms with Crippen LogP contribution < -0.4 is 11.0 Å². The molecule has 0 aliphatic rings. The van der Waals surface area contributed by atoms with Crippen LogP contribution in [0.3, 0.4) is 0 Å². The summed E-state index contributed by atoms with van der Waals surface area (Å²) in [5.74, 6) is -0.347. The van der Waals surface area contributed by atoms with Gasteiger partial charge in [-0.3, -0.25) is 9.78 Å². The number of halogens is 1. The fraction of sp³-hybridized carbons (Fsp3) is 0. The number of hydrazone groups is 1. The number of fused-ring (bicyclic) bond motifs is 1.